The molecule has 0 amide bonds. The third kappa shape index (κ3) is 9.75. The summed E-state index contributed by atoms with van der Waals surface area (Å²) >= 11 is 5.46. The van der Waals surface area contributed by atoms with E-state index in [1.54, 1.807) is 6.92 Å². The molecule has 0 heterocycles. The van der Waals surface area contributed by atoms with Crippen molar-refractivity contribution in [1.82, 2.24) is 0 Å². The van der Waals surface area contributed by atoms with Gasteiger partial charge in [0.25, 0.3) is 0 Å². The number of carbonyl (C=O) groups excluding carboxylic acids is 1. The lowest BCUT2D eigenvalue weighted by Gasteiger charge is -2.29. The maximum Gasteiger partial charge on any atom is 0.159 e. The summed E-state index contributed by atoms with van der Waals surface area (Å²) in [4.78, 5) is 11.0. The molecular weight excluding hydrogens is 462 g/mol. The van der Waals surface area contributed by atoms with Crippen LogP contribution >= 0.6 is 11.6 Å². The van der Waals surface area contributed by atoms with Crippen LogP contribution in [-0.2, 0) is 16.7 Å². The molecule has 0 unspecified atom stereocenters. The van der Waals surface area contributed by atoms with E-state index in [0.29, 0.717) is 17.2 Å². The number of nitrogens with zero attached hydrogens (tertiary/aromatic N) is 1. The summed E-state index contributed by atoms with van der Waals surface area (Å²) in [5.74, 6) is 0.886. The van der Waals surface area contributed by atoms with Gasteiger partial charge in [0, 0.05) is 16.1 Å². The van der Waals surface area contributed by atoms with Crippen molar-refractivity contribution in [2.75, 3.05) is 27.2 Å². The molecule has 0 radical (unpaired) electrons. The Morgan fingerprint density at radius 3 is 2.03 bits per heavy atom. The van der Waals surface area contributed by atoms with E-state index in [1.807, 2.05) is 30.3 Å². The number of rotatable bonds is 8. The molecule has 0 fully saturated rings. The van der Waals surface area contributed by atoms with Gasteiger partial charge in [-0.05, 0) is 55.5 Å². The second-order valence-electron chi connectivity index (χ2n) is 8.14. The van der Waals surface area contributed by atoms with Crippen LogP contribution in [0.3, 0.4) is 0 Å². The fourth-order valence-electron chi connectivity index (χ4n) is 2.95. The number of hydrogen-bond donors (Lipinski definition) is 0. The predicted molar refractivity (Wildman–Crippen MR) is 128 cm³/mol. The molecule has 8 heteroatoms. The molecule has 0 bridgehead atoms. The summed E-state index contributed by atoms with van der Waals surface area (Å²) in [6.45, 7) is 4.12. The minimum Gasteiger partial charge on any atom is -0.744 e. The number of Topliss-reactive ketones (excluding diaryl/α,β-unsaturated/α-hetero) is 1. The number of hydrogen-bond acceptors (Lipinski definition) is 5. The monoisotopic (exact) mass is 489 g/mol. The van der Waals surface area contributed by atoms with E-state index in [2.05, 4.69) is 38.4 Å². The van der Waals surface area contributed by atoms with E-state index < -0.39 is 10.1 Å². The van der Waals surface area contributed by atoms with Gasteiger partial charge in [0.1, 0.15) is 35.6 Å². The standard InChI is InChI=1S/C19H24NO2.C6H5ClO3S/c1-16(21)18-9-11-19(12-10-18)22-14-13-20(2,3)15-17-7-5-4-6-8-17;7-5-1-3-6(4-2-5)11(8,9)10/h4-12H,13-15H2,1-3H3;1-4H,(H,8,9,10)/q+1;/p-1. The quantitative estimate of drug-likeness (QED) is 0.258. The Labute approximate surface area is 200 Å². The molecule has 3 aromatic carbocycles. The summed E-state index contributed by atoms with van der Waals surface area (Å²) in [7, 11) is 0.0789. The molecule has 3 aromatic rings. The molecule has 0 aliphatic rings. The highest BCUT2D eigenvalue weighted by Gasteiger charge is 2.15. The number of ether oxygens (including phenoxy) is 1. The fourth-order valence-corrected chi connectivity index (χ4v) is 3.55. The van der Waals surface area contributed by atoms with Crippen molar-refractivity contribution in [1.29, 1.82) is 0 Å². The number of benzene rings is 3. The molecule has 6 nitrogen and oxygen atoms in total. The van der Waals surface area contributed by atoms with Gasteiger partial charge in [0.2, 0.25) is 0 Å². The van der Waals surface area contributed by atoms with E-state index >= 15 is 0 Å². The summed E-state index contributed by atoms with van der Waals surface area (Å²) < 4.78 is 37.7. The first-order valence-corrected chi connectivity index (χ1v) is 12.1. The Bertz CT molecular complexity index is 1130. The predicted octanol–water partition coefficient (Wildman–Crippen LogP) is 4.79. The highest BCUT2D eigenvalue weighted by Crippen LogP contribution is 2.14. The van der Waals surface area contributed by atoms with Crippen molar-refractivity contribution in [3.05, 3.63) is 95.0 Å². The zero-order valence-corrected chi connectivity index (χ0v) is 20.5. The van der Waals surface area contributed by atoms with Crippen LogP contribution in [0.4, 0.5) is 0 Å². The van der Waals surface area contributed by atoms with Crippen molar-refractivity contribution < 1.29 is 27.0 Å². The van der Waals surface area contributed by atoms with Gasteiger partial charge in [-0.3, -0.25) is 4.79 Å². The van der Waals surface area contributed by atoms with Crippen LogP contribution in [0.15, 0.2) is 83.8 Å². The molecule has 176 valence electrons. The second kappa shape index (κ2) is 12.0. The Morgan fingerprint density at radius 2 is 1.52 bits per heavy atom. The molecular formula is C25H28ClNO5S. The highest BCUT2D eigenvalue weighted by molar-refractivity contribution is 7.85. The third-order valence-corrected chi connectivity index (χ3v) is 5.88. The number of quaternary nitrogens is 1. The lowest BCUT2D eigenvalue weighted by Crippen LogP contribution is -2.41. The lowest BCUT2D eigenvalue weighted by atomic mass is 10.1. The molecule has 0 aliphatic heterocycles. The van der Waals surface area contributed by atoms with E-state index in [1.165, 1.54) is 29.8 Å². The van der Waals surface area contributed by atoms with Crippen LogP contribution in [0.25, 0.3) is 0 Å². The maximum atomic E-state index is 11.2. The fraction of sp³-hybridized carbons (Fsp3) is 0.240. The molecule has 0 atom stereocenters. The van der Waals surface area contributed by atoms with Gasteiger partial charge < -0.3 is 13.8 Å². The Hall–Kier alpha value is -2.71. The van der Waals surface area contributed by atoms with Gasteiger partial charge >= 0.3 is 0 Å². The van der Waals surface area contributed by atoms with Gasteiger partial charge in [0.05, 0.1) is 19.0 Å². The number of halogens is 1. The van der Waals surface area contributed by atoms with Crippen LogP contribution in [0.1, 0.15) is 22.8 Å². The first-order valence-electron chi connectivity index (χ1n) is 10.3. The normalized spacial score (nSPS) is 11.3. The average molecular weight is 490 g/mol. The van der Waals surface area contributed by atoms with Crippen molar-refractivity contribution >= 4 is 27.5 Å². The van der Waals surface area contributed by atoms with Gasteiger partial charge in [-0.1, -0.05) is 41.9 Å². The minimum atomic E-state index is -4.33. The second-order valence-corrected chi connectivity index (χ2v) is 9.96. The topological polar surface area (TPSA) is 83.5 Å². The van der Waals surface area contributed by atoms with Crippen LogP contribution in [0.5, 0.6) is 5.75 Å². The van der Waals surface area contributed by atoms with Crippen molar-refractivity contribution in [3.63, 3.8) is 0 Å². The van der Waals surface area contributed by atoms with E-state index in [4.69, 9.17) is 16.3 Å². The van der Waals surface area contributed by atoms with E-state index in [9.17, 15) is 17.8 Å². The Morgan fingerprint density at radius 1 is 0.939 bits per heavy atom. The zero-order valence-electron chi connectivity index (χ0n) is 18.9. The summed E-state index contributed by atoms with van der Waals surface area (Å²) in [6.07, 6.45) is 0. The van der Waals surface area contributed by atoms with Crippen molar-refractivity contribution in [3.8, 4) is 5.75 Å². The van der Waals surface area contributed by atoms with Crippen molar-refractivity contribution in [2.24, 2.45) is 0 Å². The molecule has 3 rings (SSSR count). The number of likely N-dealkylation sites (N-methyl/N-ethyl adjacent to an activating group) is 1. The summed E-state index contributed by atoms with van der Waals surface area (Å²) in [5.41, 5.74) is 2.05. The Kier molecular flexibility index (Phi) is 9.61. The van der Waals surface area contributed by atoms with E-state index in [-0.39, 0.29) is 10.7 Å². The summed E-state index contributed by atoms with van der Waals surface area (Å²) in [5, 5.41) is 0.400. The smallest absolute Gasteiger partial charge is 0.159 e. The largest absolute Gasteiger partial charge is 0.744 e. The van der Waals surface area contributed by atoms with E-state index in [0.717, 1.165) is 23.3 Å². The molecule has 0 N–H and O–H groups in total. The lowest BCUT2D eigenvalue weighted by molar-refractivity contribution is -0.903. The Balaban J connectivity index is 0.000000294. The third-order valence-electron chi connectivity index (χ3n) is 4.78. The first-order chi connectivity index (χ1) is 15.5. The SMILES string of the molecule is CC(=O)c1ccc(OCC[N+](C)(C)Cc2ccccc2)cc1.O=S(=O)([O-])c1ccc(Cl)cc1. The molecule has 0 aromatic heterocycles. The average Bonchev–Trinajstić information content (AvgIpc) is 2.74. The molecule has 33 heavy (non-hydrogen) atoms. The van der Waals surface area contributed by atoms with Gasteiger partial charge in [-0.2, -0.15) is 0 Å². The van der Waals surface area contributed by atoms with Crippen LogP contribution in [0, 0.1) is 0 Å². The molecule has 0 saturated heterocycles. The summed E-state index contributed by atoms with van der Waals surface area (Å²) in [6, 6.07) is 22.9. The zero-order chi connectivity index (χ0) is 24.5. The number of carbonyl (C=O) groups is 1. The molecule has 0 saturated carbocycles. The first kappa shape index (κ1) is 26.5. The number of ketones is 1. The van der Waals surface area contributed by atoms with Gasteiger partial charge in [-0.15, -0.1) is 0 Å². The highest BCUT2D eigenvalue weighted by atomic mass is 35.5. The van der Waals surface area contributed by atoms with Gasteiger partial charge in [-0.25, -0.2) is 8.42 Å². The van der Waals surface area contributed by atoms with Crippen LogP contribution in [-0.4, -0.2) is 50.5 Å². The maximum absolute atomic E-state index is 11.2. The molecule has 0 aliphatic carbocycles. The molecule has 0 spiro atoms. The van der Waals surface area contributed by atoms with Crippen LogP contribution in [0.2, 0.25) is 5.02 Å². The van der Waals surface area contributed by atoms with Gasteiger partial charge in [0.15, 0.2) is 5.78 Å². The van der Waals surface area contributed by atoms with Crippen molar-refractivity contribution in [2.45, 2.75) is 18.4 Å². The van der Waals surface area contributed by atoms with Crippen LogP contribution < -0.4 is 4.74 Å². The minimum absolute atomic E-state index is 0.0761.